The topological polar surface area (TPSA) is 29.1 Å². The Hall–Kier alpha value is -1.02. The molecule has 0 fully saturated rings. The first-order valence-electron chi connectivity index (χ1n) is 3.07. The molecule has 0 bridgehead atoms. The van der Waals surface area contributed by atoms with E-state index in [9.17, 15) is 4.79 Å². The van der Waals surface area contributed by atoms with Gasteiger partial charge in [-0.2, -0.15) is 0 Å². The van der Waals surface area contributed by atoms with Gasteiger partial charge >= 0.3 is 0 Å². The Morgan fingerprint density at radius 3 is 2.64 bits per heavy atom. The summed E-state index contributed by atoms with van der Waals surface area (Å²) in [6.45, 7) is 0. The molecule has 57 valence electrons. The number of halogens is 1. The summed E-state index contributed by atoms with van der Waals surface area (Å²) in [6.07, 6.45) is 0. The molecular formula is C8H7ClNO. The van der Waals surface area contributed by atoms with Gasteiger partial charge in [-0.25, -0.2) is 0 Å². The van der Waals surface area contributed by atoms with Crippen molar-refractivity contribution in [3.05, 3.63) is 41.9 Å². The van der Waals surface area contributed by atoms with Crippen LogP contribution in [0.3, 0.4) is 0 Å². The van der Waals surface area contributed by atoms with Crippen molar-refractivity contribution in [2.75, 3.05) is 0 Å². The smallest absolute Gasteiger partial charge is 0.252 e. The molecule has 0 aromatic heterocycles. The first-order chi connectivity index (χ1) is 5.25. The van der Waals surface area contributed by atoms with Crippen LogP contribution in [0.4, 0.5) is 0 Å². The van der Waals surface area contributed by atoms with Crippen molar-refractivity contribution in [3.8, 4) is 0 Å². The van der Waals surface area contributed by atoms with Gasteiger partial charge in [0.25, 0.3) is 5.91 Å². The molecule has 1 radical (unpaired) electrons. The first kappa shape index (κ1) is 8.08. The molecule has 1 aromatic carbocycles. The molecule has 0 spiro atoms. The molecule has 0 unspecified atom stereocenters. The summed E-state index contributed by atoms with van der Waals surface area (Å²) in [4.78, 5) is 11.0. The van der Waals surface area contributed by atoms with Gasteiger partial charge in [0.2, 0.25) is 0 Å². The average Bonchev–Trinajstić information content (AvgIpc) is 2.04. The van der Waals surface area contributed by atoms with Crippen LogP contribution in [0.15, 0.2) is 24.3 Å². The first-order valence-corrected chi connectivity index (χ1v) is 3.45. The zero-order valence-electron chi connectivity index (χ0n) is 5.80. The van der Waals surface area contributed by atoms with E-state index in [1.54, 1.807) is 24.3 Å². The maximum Gasteiger partial charge on any atom is 0.252 e. The maximum atomic E-state index is 11.0. The molecule has 2 nitrogen and oxygen atoms in total. The van der Waals surface area contributed by atoms with Gasteiger partial charge in [-0.1, -0.05) is 23.7 Å². The molecule has 1 aromatic rings. The third-order valence-corrected chi connectivity index (χ3v) is 1.61. The number of hydrogen-bond acceptors (Lipinski definition) is 1. The van der Waals surface area contributed by atoms with E-state index in [0.29, 0.717) is 10.6 Å². The van der Waals surface area contributed by atoms with E-state index in [0.717, 1.165) is 0 Å². The number of carbonyl (C=O) groups excluding carboxylic acids is 1. The average molecular weight is 169 g/mol. The van der Waals surface area contributed by atoms with E-state index < -0.39 is 0 Å². The third kappa shape index (κ3) is 1.71. The Morgan fingerprint density at radius 1 is 1.45 bits per heavy atom. The van der Waals surface area contributed by atoms with E-state index in [1.807, 2.05) is 0 Å². The third-order valence-electron chi connectivity index (χ3n) is 1.28. The molecule has 0 aliphatic carbocycles. The molecule has 0 saturated carbocycles. The summed E-state index contributed by atoms with van der Waals surface area (Å²) in [5.41, 5.74) is 0.448. The van der Waals surface area contributed by atoms with E-state index in [1.165, 1.54) is 0 Å². The van der Waals surface area contributed by atoms with Crippen LogP contribution in [-0.2, 0) is 0 Å². The molecule has 0 aliphatic heterocycles. The SMILES string of the molecule is [CH2]NC(=O)c1ccccc1Cl. The second-order valence-corrected chi connectivity index (χ2v) is 2.39. The lowest BCUT2D eigenvalue weighted by Gasteiger charge is -1.99. The van der Waals surface area contributed by atoms with Crippen molar-refractivity contribution in [1.82, 2.24) is 5.32 Å². The Labute approximate surface area is 70.2 Å². The lowest BCUT2D eigenvalue weighted by atomic mass is 10.2. The van der Waals surface area contributed by atoms with Gasteiger partial charge in [-0.15, -0.1) is 0 Å². The Kier molecular flexibility index (Phi) is 2.49. The van der Waals surface area contributed by atoms with Gasteiger partial charge in [0.05, 0.1) is 10.6 Å². The normalized spacial score (nSPS) is 9.27. The number of benzene rings is 1. The molecule has 0 heterocycles. The van der Waals surface area contributed by atoms with Gasteiger partial charge in [0.15, 0.2) is 0 Å². The second-order valence-electron chi connectivity index (χ2n) is 1.99. The fourth-order valence-electron chi connectivity index (χ4n) is 0.741. The fraction of sp³-hybridized carbons (Fsp3) is 0. The van der Waals surface area contributed by atoms with E-state index >= 15 is 0 Å². The van der Waals surface area contributed by atoms with Crippen LogP contribution < -0.4 is 5.32 Å². The maximum absolute atomic E-state index is 11.0. The Bertz CT molecular complexity index is 273. The van der Waals surface area contributed by atoms with Gasteiger partial charge < -0.3 is 5.32 Å². The zero-order chi connectivity index (χ0) is 8.27. The molecule has 0 saturated heterocycles. The Morgan fingerprint density at radius 2 is 2.09 bits per heavy atom. The minimum Gasteiger partial charge on any atom is -0.350 e. The predicted molar refractivity (Wildman–Crippen MR) is 44.3 cm³/mol. The molecule has 1 N–H and O–H groups in total. The molecule has 0 aliphatic rings. The van der Waals surface area contributed by atoms with Crippen molar-refractivity contribution in [1.29, 1.82) is 0 Å². The number of amides is 1. The monoisotopic (exact) mass is 168 g/mol. The summed E-state index contributed by atoms with van der Waals surface area (Å²) in [5.74, 6) is -0.268. The van der Waals surface area contributed by atoms with Crippen LogP contribution in [0.1, 0.15) is 10.4 Å². The van der Waals surface area contributed by atoms with Crippen LogP contribution >= 0.6 is 11.6 Å². The highest BCUT2D eigenvalue weighted by molar-refractivity contribution is 6.33. The summed E-state index contributed by atoms with van der Waals surface area (Å²) in [6, 6.07) is 6.81. The lowest BCUT2D eigenvalue weighted by Crippen LogP contribution is -2.15. The molecule has 0 atom stereocenters. The quantitative estimate of drug-likeness (QED) is 0.682. The number of hydrogen-bond donors (Lipinski definition) is 1. The minimum atomic E-state index is -0.268. The van der Waals surface area contributed by atoms with Crippen LogP contribution in [-0.4, -0.2) is 5.91 Å². The van der Waals surface area contributed by atoms with Gasteiger partial charge in [0.1, 0.15) is 0 Å². The van der Waals surface area contributed by atoms with E-state index in [-0.39, 0.29) is 5.91 Å². The molecular weight excluding hydrogens is 162 g/mol. The molecule has 11 heavy (non-hydrogen) atoms. The van der Waals surface area contributed by atoms with Crippen LogP contribution in [0.5, 0.6) is 0 Å². The van der Waals surface area contributed by atoms with Crippen molar-refractivity contribution < 1.29 is 4.79 Å². The van der Waals surface area contributed by atoms with Crippen LogP contribution in [0.2, 0.25) is 5.02 Å². The summed E-state index contributed by atoms with van der Waals surface area (Å²) >= 11 is 5.71. The van der Waals surface area contributed by atoms with Crippen LogP contribution in [0, 0.1) is 7.05 Å². The molecule has 1 rings (SSSR count). The molecule has 1 amide bonds. The number of carbonyl (C=O) groups is 1. The largest absolute Gasteiger partial charge is 0.350 e. The highest BCUT2D eigenvalue weighted by Crippen LogP contribution is 2.13. The van der Waals surface area contributed by atoms with Crippen LogP contribution in [0.25, 0.3) is 0 Å². The minimum absolute atomic E-state index is 0.268. The standard InChI is InChI=1S/C8H7ClNO/c1-10-8(11)6-4-2-3-5-7(6)9/h2-5H,1H2,(H,10,11). The molecule has 3 heteroatoms. The highest BCUT2D eigenvalue weighted by Gasteiger charge is 2.05. The summed E-state index contributed by atoms with van der Waals surface area (Å²) in [7, 11) is 3.24. The summed E-state index contributed by atoms with van der Waals surface area (Å²) in [5, 5.41) is 2.69. The van der Waals surface area contributed by atoms with E-state index in [4.69, 9.17) is 11.6 Å². The van der Waals surface area contributed by atoms with E-state index in [2.05, 4.69) is 12.4 Å². The summed E-state index contributed by atoms with van der Waals surface area (Å²) < 4.78 is 0. The lowest BCUT2D eigenvalue weighted by molar-refractivity contribution is 0.0969. The number of nitrogens with one attached hydrogen (secondary N) is 1. The second kappa shape index (κ2) is 3.39. The van der Waals surface area contributed by atoms with Gasteiger partial charge in [0, 0.05) is 7.05 Å². The number of rotatable bonds is 1. The van der Waals surface area contributed by atoms with Gasteiger partial charge in [-0.05, 0) is 12.1 Å². The zero-order valence-corrected chi connectivity index (χ0v) is 6.56. The van der Waals surface area contributed by atoms with Crippen molar-refractivity contribution in [2.24, 2.45) is 0 Å². The Balaban J connectivity index is 3.03. The van der Waals surface area contributed by atoms with Crippen molar-refractivity contribution in [2.45, 2.75) is 0 Å². The van der Waals surface area contributed by atoms with Crippen molar-refractivity contribution in [3.63, 3.8) is 0 Å². The van der Waals surface area contributed by atoms with Crippen molar-refractivity contribution >= 4 is 17.5 Å². The fourth-order valence-corrected chi connectivity index (χ4v) is 0.962. The highest BCUT2D eigenvalue weighted by atomic mass is 35.5. The van der Waals surface area contributed by atoms with Gasteiger partial charge in [-0.3, -0.25) is 4.79 Å². The predicted octanol–water partition coefficient (Wildman–Crippen LogP) is 1.86.